The maximum absolute atomic E-state index is 13.1. The van der Waals surface area contributed by atoms with Crippen molar-refractivity contribution in [1.82, 2.24) is 5.32 Å². The van der Waals surface area contributed by atoms with E-state index in [0.717, 1.165) is 28.3 Å². The number of anilines is 2. The first-order valence-electron chi connectivity index (χ1n) is 10.5. The molecule has 0 saturated heterocycles. The highest BCUT2D eigenvalue weighted by Gasteiger charge is 2.26. The third-order valence-electron chi connectivity index (χ3n) is 5.18. The molecule has 4 rings (SSSR count). The molecule has 0 saturated carbocycles. The largest absolute Gasteiger partial charge is 0.338 e. The highest BCUT2D eigenvalue weighted by Crippen LogP contribution is 2.42. The standard InChI is InChI=1S/C25H25N3O2S/c1-2-28-21-17-19(27-25(30)26-16-8-11-18-9-4-3-5-10-18)14-15-23(21)31-22-13-7-6-12-20(22)24(28)29/h3-7,9-10,12-15,17H,2,8,11,16H2,1H3,(H2,26,27,30). The number of aryl methyl sites for hydroxylation is 1. The van der Waals surface area contributed by atoms with Gasteiger partial charge in [0.25, 0.3) is 5.91 Å². The quantitative estimate of drug-likeness (QED) is 0.502. The summed E-state index contributed by atoms with van der Waals surface area (Å²) in [4.78, 5) is 29.1. The lowest BCUT2D eigenvalue weighted by Crippen LogP contribution is -2.31. The van der Waals surface area contributed by atoms with Gasteiger partial charge >= 0.3 is 6.03 Å². The van der Waals surface area contributed by atoms with Gasteiger partial charge in [0.15, 0.2) is 0 Å². The molecule has 0 unspecified atom stereocenters. The number of hydrogen-bond donors (Lipinski definition) is 2. The fraction of sp³-hybridized carbons (Fsp3) is 0.200. The summed E-state index contributed by atoms with van der Waals surface area (Å²) in [6.07, 6.45) is 1.79. The van der Waals surface area contributed by atoms with Crippen molar-refractivity contribution >= 4 is 35.1 Å². The molecular formula is C25H25N3O2S. The Hall–Kier alpha value is -3.25. The van der Waals surface area contributed by atoms with Crippen LogP contribution >= 0.6 is 11.8 Å². The van der Waals surface area contributed by atoms with Gasteiger partial charge in [-0.25, -0.2) is 4.79 Å². The van der Waals surface area contributed by atoms with Crippen molar-refractivity contribution in [2.45, 2.75) is 29.6 Å². The molecule has 2 N–H and O–H groups in total. The second kappa shape index (κ2) is 9.71. The van der Waals surface area contributed by atoms with Crippen molar-refractivity contribution in [2.75, 3.05) is 23.3 Å². The van der Waals surface area contributed by atoms with Crippen molar-refractivity contribution in [3.63, 3.8) is 0 Å². The van der Waals surface area contributed by atoms with E-state index in [1.54, 1.807) is 16.7 Å². The van der Waals surface area contributed by atoms with Crippen molar-refractivity contribution in [3.8, 4) is 0 Å². The van der Waals surface area contributed by atoms with Crippen molar-refractivity contribution in [1.29, 1.82) is 0 Å². The van der Waals surface area contributed by atoms with Gasteiger partial charge in [-0.1, -0.05) is 54.2 Å². The van der Waals surface area contributed by atoms with Crippen LogP contribution in [0.2, 0.25) is 0 Å². The van der Waals surface area contributed by atoms with Crippen LogP contribution in [-0.2, 0) is 6.42 Å². The lowest BCUT2D eigenvalue weighted by molar-refractivity contribution is 0.0985. The summed E-state index contributed by atoms with van der Waals surface area (Å²) < 4.78 is 0. The number of rotatable bonds is 6. The minimum Gasteiger partial charge on any atom is -0.338 e. The van der Waals surface area contributed by atoms with Gasteiger partial charge in [0.05, 0.1) is 11.3 Å². The van der Waals surface area contributed by atoms with Crippen LogP contribution in [0.1, 0.15) is 29.3 Å². The molecule has 5 nitrogen and oxygen atoms in total. The van der Waals surface area contributed by atoms with Crippen LogP contribution < -0.4 is 15.5 Å². The van der Waals surface area contributed by atoms with Gasteiger partial charge in [0, 0.05) is 28.6 Å². The molecule has 0 aromatic heterocycles. The van der Waals surface area contributed by atoms with E-state index >= 15 is 0 Å². The van der Waals surface area contributed by atoms with Gasteiger partial charge in [-0.05, 0) is 55.7 Å². The van der Waals surface area contributed by atoms with E-state index in [9.17, 15) is 9.59 Å². The van der Waals surface area contributed by atoms with Crippen LogP contribution in [-0.4, -0.2) is 25.0 Å². The van der Waals surface area contributed by atoms with E-state index in [2.05, 4.69) is 22.8 Å². The van der Waals surface area contributed by atoms with Gasteiger partial charge < -0.3 is 15.5 Å². The average Bonchev–Trinajstić information content (AvgIpc) is 2.91. The monoisotopic (exact) mass is 431 g/mol. The van der Waals surface area contributed by atoms with E-state index in [1.807, 2.05) is 67.6 Å². The summed E-state index contributed by atoms with van der Waals surface area (Å²) in [5.74, 6) is -0.0214. The molecule has 31 heavy (non-hydrogen) atoms. The number of nitrogens with zero attached hydrogens (tertiary/aromatic N) is 1. The third-order valence-corrected chi connectivity index (χ3v) is 6.32. The SMILES string of the molecule is CCN1C(=O)c2ccccc2Sc2ccc(NC(=O)NCCCc3ccccc3)cc21. The highest BCUT2D eigenvalue weighted by atomic mass is 32.2. The molecule has 1 aliphatic rings. The van der Waals surface area contributed by atoms with Crippen molar-refractivity contribution < 1.29 is 9.59 Å². The van der Waals surface area contributed by atoms with Crippen LogP contribution in [0.25, 0.3) is 0 Å². The Bertz CT molecular complexity index is 1090. The Kier molecular flexibility index (Phi) is 6.57. The molecule has 0 atom stereocenters. The van der Waals surface area contributed by atoms with Crippen LogP contribution in [0.5, 0.6) is 0 Å². The Morgan fingerprint density at radius 3 is 2.55 bits per heavy atom. The van der Waals surface area contributed by atoms with Gasteiger partial charge in [0.2, 0.25) is 0 Å². The van der Waals surface area contributed by atoms with Gasteiger partial charge in [-0.15, -0.1) is 0 Å². The van der Waals surface area contributed by atoms with E-state index in [1.165, 1.54) is 5.56 Å². The Morgan fingerprint density at radius 1 is 0.968 bits per heavy atom. The molecular weight excluding hydrogens is 406 g/mol. The molecule has 0 aliphatic carbocycles. The maximum Gasteiger partial charge on any atom is 0.319 e. The Labute approximate surface area is 186 Å². The zero-order chi connectivity index (χ0) is 21.6. The first-order chi connectivity index (χ1) is 15.2. The second-order valence-corrected chi connectivity index (χ2v) is 8.38. The zero-order valence-electron chi connectivity index (χ0n) is 17.4. The smallest absolute Gasteiger partial charge is 0.319 e. The highest BCUT2D eigenvalue weighted by molar-refractivity contribution is 7.99. The summed E-state index contributed by atoms with van der Waals surface area (Å²) in [6.45, 7) is 3.10. The number of urea groups is 1. The molecule has 3 aromatic carbocycles. The maximum atomic E-state index is 13.1. The summed E-state index contributed by atoms with van der Waals surface area (Å²) in [5, 5.41) is 5.80. The van der Waals surface area contributed by atoms with Gasteiger partial charge in [-0.3, -0.25) is 4.79 Å². The fourth-order valence-electron chi connectivity index (χ4n) is 3.63. The number of hydrogen-bond acceptors (Lipinski definition) is 3. The Morgan fingerprint density at radius 2 is 1.74 bits per heavy atom. The Balaban J connectivity index is 1.41. The van der Waals surface area contributed by atoms with Gasteiger partial charge in [-0.2, -0.15) is 0 Å². The van der Waals surface area contributed by atoms with Crippen LogP contribution in [0.3, 0.4) is 0 Å². The summed E-state index contributed by atoms with van der Waals surface area (Å²) in [6, 6.07) is 23.4. The number of carbonyl (C=O) groups is 2. The first kappa shape index (κ1) is 21.0. The topological polar surface area (TPSA) is 61.4 Å². The second-order valence-electron chi connectivity index (χ2n) is 7.30. The fourth-order valence-corrected chi connectivity index (χ4v) is 4.68. The summed E-state index contributed by atoms with van der Waals surface area (Å²) in [7, 11) is 0. The average molecular weight is 432 g/mol. The lowest BCUT2D eigenvalue weighted by atomic mass is 10.1. The molecule has 0 radical (unpaired) electrons. The predicted molar refractivity (Wildman–Crippen MR) is 126 cm³/mol. The molecule has 0 fully saturated rings. The minimum atomic E-state index is -0.244. The predicted octanol–water partition coefficient (Wildman–Crippen LogP) is 5.57. The van der Waals surface area contributed by atoms with E-state index in [-0.39, 0.29) is 11.9 Å². The van der Waals surface area contributed by atoms with E-state index < -0.39 is 0 Å². The van der Waals surface area contributed by atoms with E-state index in [4.69, 9.17) is 0 Å². The summed E-state index contributed by atoms with van der Waals surface area (Å²) in [5.41, 5.74) is 3.45. The third kappa shape index (κ3) is 4.91. The van der Waals surface area contributed by atoms with E-state index in [0.29, 0.717) is 24.3 Å². The number of fused-ring (bicyclic) bond motifs is 2. The number of benzene rings is 3. The lowest BCUT2D eigenvalue weighted by Gasteiger charge is -2.22. The van der Waals surface area contributed by atoms with Crippen LogP contribution in [0.15, 0.2) is 82.6 Å². The zero-order valence-corrected chi connectivity index (χ0v) is 18.2. The normalized spacial score (nSPS) is 12.5. The molecule has 6 heteroatoms. The van der Waals surface area contributed by atoms with Gasteiger partial charge in [0.1, 0.15) is 0 Å². The molecule has 1 aliphatic heterocycles. The molecule has 3 amide bonds. The molecule has 1 heterocycles. The van der Waals surface area contributed by atoms with Crippen molar-refractivity contribution in [3.05, 3.63) is 83.9 Å². The molecule has 0 spiro atoms. The van der Waals surface area contributed by atoms with Crippen LogP contribution in [0.4, 0.5) is 16.2 Å². The minimum absolute atomic E-state index is 0.0214. The first-order valence-corrected chi connectivity index (χ1v) is 11.3. The number of carbonyl (C=O) groups excluding carboxylic acids is 2. The van der Waals surface area contributed by atoms with Crippen LogP contribution in [0, 0.1) is 0 Å². The number of amides is 3. The summed E-state index contributed by atoms with van der Waals surface area (Å²) >= 11 is 1.58. The molecule has 0 bridgehead atoms. The number of nitrogens with one attached hydrogen (secondary N) is 2. The molecule has 3 aromatic rings. The van der Waals surface area contributed by atoms with Crippen molar-refractivity contribution in [2.24, 2.45) is 0 Å². The molecule has 158 valence electrons.